The maximum Gasteiger partial charge on any atom is 0.175 e. The average molecular weight is 383 g/mol. The highest BCUT2D eigenvalue weighted by Gasteiger charge is 2.10. The van der Waals surface area contributed by atoms with Crippen LogP contribution in [0.5, 0.6) is 11.5 Å². The van der Waals surface area contributed by atoms with E-state index in [9.17, 15) is 0 Å². The number of hydrogen-bond acceptors (Lipinski definition) is 3. The second-order valence-electron chi connectivity index (χ2n) is 4.61. The van der Waals surface area contributed by atoms with Gasteiger partial charge in [-0.1, -0.05) is 17.7 Å². The Morgan fingerprint density at radius 1 is 1.32 bits per heavy atom. The number of halogens is 2. The Morgan fingerprint density at radius 2 is 2.09 bits per heavy atom. The van der Waals surface area contributed by atoms with Crippen LogP contribution in [0.1, 0.15) is 18.1 Å². The molecule has 0 heterocycles. The van der Waals surface area contributed by atoms with Crippen molar-refractivity contribution >= 4 is 39.4 Å². The van der Waals surface area contributed by atoms with Gasteiger partial charge in [-0.05, 0) is 65.2 Å². The quantitative estimate of drug-likeness (QED) is 0.633. The predicted molar refractivity (Wildman–Crippen MR) is 95.3 cm³/mol. The average Bonchev–Trinajstić information content (AvgIpc) is 2.51. The lowest BCUT2D eigenvalue weighted by Crippen LogP contribution is -1.97. The van der Waals surface area contributed by atoms with E-state index in [4.69, 9.17) is 21.1 Å². The van der Waals surface area contributed by atoms with Gasteiger partial charge in [-0.2, -0.15) is 0 Å². The minimum absolute atomic E-state index is 0.574. The molecule has 0 aliphatic carbocycles. The number of rotatable bonds is 5. The monoisotopic (exact) mass is 381 g/mol. The van der Waals surface area contributed by atoms with Crippen LogP contribution in [0, 0.1) is 6.92 Å². The molecule has 0 aromatic heterocycles. The van der Waals surface area contributed by atoms with Crippen LogP contribution < -0.4 is 9.47 Å². The molecule has 0 bridgehead atoms. The number of aliphatic imine (C=N–C) groups is 1. The van der Waals surface area contributed by atoms with Crippen LogP contribution in [0.3, 0.4) is 0 Å². The second kappa shape index (κ2) is 7.65. The SMILES string of the molecule is CCOc1c(Br)cc(C=Nc2cccc(Cl)c2C)cc1OC. The summed E-state index contributed by atoms with van der Waals surface area (Å²) in [6.07, 6.45) is 1.78. The van der Waals surface area contributed by atoms with Crippen LogP contribution in [-0.2, 0) is 0 Å². The van der Waals surface area contributed by atoms with Gasteiger partial charge in [0.05, 0.1) is 23.9 Å². The van der Waals surface area contributed by atoms with Crippen LogP contribution in [0.2, 0.25) is 5.02 Å². The van der Waals surface area contributed by atoms with E-state index in [0.717, 1.165) is 21.3 Å². The molecule has 0 aliphatic heterocycles. The second-order valence-corrected chi connectivity index (χ2v) is 5.87. The van der Waals surface area contributed by atoms with Crippen LogP contribution in [0.4, 0.5) is 5.69 Å². The molecule has 22 heavy (non-hydrogen) atoms. The third kappa shape index (κ3) is 3.81. The third-order valence-corrected chi connectivity index (χ3v) is 4.13. The van der Waals surface area contributed by atoms with Crippen molar-refractivity contribution in [3.8, 4) is 11.5 Å². The minimum Gasteiger partial charge on any atom is -0.493 e. The van der Waals surface area contributed by atoms with Gasteiger partial charge in [-0.15, -0.1) is 0 Å². The van der Waals surface area contributed by atoms with Gasteiger partial charge in [0.1, 0.15) is 0 Å². The first-order chi connectivity index (χ1) is 10.6. The fraction of sp³-hybridized carbons (Fsp3) is 0.235. The molecule has 2 aromatic rings. The van der Waals surface area contributed by atoms with Crippen molar-refractivity contribution in [3.05, 3.63) is 51.0 Å². The molecule has 5 heteroatoms. The highest BCUT2D eigenvalue weighted by atomic mass is 79.9. The molecular formula is C17H17BrClNO2. The molecule has 0 spiro atoms. The van der Waals surface area contributed by atoms with E-state index in [2.05, 4.69) is 20.9 Å². The fourth-order valence-corrected chi connectivity index (χ4v) is 2.72. The zero-order chi connectivity index (χ0) is 16.1. The van der Waals surface area contributed by atoms with Crippen molar-refractivity contribution in [2.75, 3.05) is 13.7 Å². The van der Waals surface area contributed by atoms with Gasteiger partial charge in [0, 0.05) is 11.2 Å². The molecule has 0 saturated carbocycles. The Kier molecular flexibility index (Phi) is 5.86. The molecule has 0 unspecified atom stereocenters. The number of hydrogen-bond donors (Lipinski definition) is 0. The maximum absolute atomic E-state index is 6.11. The van der Waals surface area contributed by atoms with E-state index in [1.807, 2.05) is 44.2 Å². The molecule has 0 radical (unpaired) electrons. The van der Waals surface area contributed by atoms with Gasteiger partial charge < -0.3 is 9.47 Å². The molecule has 3 nitrogen and oxygen atoms in total. The lowest BCUT2D eigenvalue weighted by molar-refractivity contribution is 0.309. The topological polar surface area (TPSA) is 30.8 Å². The van der Waals surface area contributed by atoms with Crippen LogP contribution in [0.15, 0.2) is 39.8 Å². The minimum atomic E-state index is 0.574. The summed E-state index contributed by atoms with van der Waals surface area (Å²) < 4.78 is 11.8. The molecular weight excluding hydrogens is 366 g/mol. The molecule has 2 aromatic carbocycles. The van der Waals surface area contributed by atoms with Crippen LogP contribution >= 0.6 is 27.5 Å². The van der Waals surface area contributed by atoms with E-state index in [1.165, 1.54) is 0 Å². The van der Waals surface area contributed by atoms with Gasteiger partial charge in [0.2, 0.25) is 0 Å². The lowest BCUT2D eigenvalue weighted by Gasteiger charge is -2.12. The number of methoxy groups -OCH3 is 1. The lowest BCUT2D eigenvalue weighted by atomic mass is 10.2. The third-order valence-electron chi connectivity index (χ3n) is 3.13. The highest BCUT2D eigenvalue weighted by molar-refractivity contribution is 9.10. The van der Waals surface area contributed by atoms with E-state index >= 15 is 0 Å². The summed E-state index contributed by atoms with van der Waals surface area (Å²) in [4.78, 5) is 4.50. The van der Waals surface area contributed by atoms with Crippen LogP contribution in [-0.4, -0.2) is 19.9 Å². The zero-order valence-corrected chi connectivity index (χ0v) is 15.0. The van der Waals surface area contributed by atoms with E-state index in [1.54, 1.807) is 13.3 Å². The normalized spacial score (nSPS) is 11.0. The van der Waals surface area contributed by atoms with E-state index < -0.39 is 0 Å². The van der Waals surface area contributed by atoms with E-state index in [-0.39, 0.29) is 0 Å². The molecule has 0 fully saturated rings. The molecule has 0 saturated heterocycles. The maximum atomic E-state index is 6.11. The molecule has 0 amide bonds. The van der Waals surface area contributed by atoms with Gasteiger partial charge in [-0.3, -0.25) is 4.99 Å². The Bertz CT molecular complexity index is 701. The van der Waals surface area contributed by atoms with Crippen LogP contribution in [0.25, 0.3) is 0 Å². The van der Waals surface area contributed by atoms with E-state index in [0.29, 0.717) is 23.1 Å². The first kappa shape index (κ1) is 16.8. The smallest absolute Gasteiger partial charge is 0.175 e. The van der Waals surface area contributed by atoms with Crippen molar-refractivity contribution in [2.45, 2.75) is 13.8 Å². The van der Waals surface area contributed by atoms with Gasteiger partial charge in [-0.25, -0.2) is 0 Å². The molecule has 2 rings (SSSR count). The highest BCUT2D eigenvalue weighted by Crippen LogP contribution is 2.36. The van der Waals surface area contributed by atoms with Crippen molar-refractivity contribution in [1.82, 2.24) is 0 Å². The number of nitrogens with zero attached hydrogens (tertiary/aromatic N) is 1. The summed E-state index contributed by atoms with van der Waals surface area (Å²) in [5, 5.41) is 0.708. The summed E-state index contributed by atoms with van der Waals surface area (Å²) in [5.74, 6) is 1.36. The van der Waals surface area contributed by atoms with Gasteiger partial charge in [0.15, 0.2) is 11.5 Å². The summed E-state index contributed by atoms with van der Waals surface area (Å²) in [6.45, 7) is 4.46. The predicted octanol–water partition coefficient (Wildman–Crippen LogP) is 5.57. The zero-order valence-electron chi connectivity index (χ0n) is 12.7. The van der Waals surface area contributed by atoms with Gasteiger partial charge in [0.25, 0.3) is 0 Å². The molecule has 0 aliphatic rings. The number of ether oxygens (including phenoxy) is 2. The first-order valence-electron chi connectivity index (χ1n) is 6.86. The largest absolute Gasteiger partial charge is 0.493 e. The summed E-state index contributed by atoms with van der Waals surface area (Å²) in [6, 6.07) is 9.50. The summed E-state index contributed by atoms with van der Waals surface area (Å²) >= 11 is 9.61. The first-order valence-corrected chi connectivity index (χ1v) is 8.03. The number of benzene rings is 2. The van der Waals surface area contributed by atoms with Crippen molar-refractivity contribution < 1.29 is 9.47 Å². The Hall–Kier alpha value is -1.52. The Morgan fingerprint density at radius 3 is 2.77 bits per heavy atom. The van der Waals surface area contributed by atoms with Crippen molar-refractivity contribution in [1.29, 1.82) is 0 Å². The van der Waals surface area contributed by atoms with Crippen molar-refractivity contribution in [2.24, 2.45) is 4.99 Å². The summed E-state index contributed by atoms with van der Waals surface area (Å²) in [5.41, 5.74) is 2.71. The standard InChI is InChI=1S/C17H17BrClNO2/c1-4-22-17-13(18)8-12(9-16(17)21-3)10-20-15-7-5-6-14(19)11(15)2/h5-10H,4H2,1-3H3. The fourth-order valence-electron chi connectivity index (χ4n) is 1.98. The summed E-state index contributed by atoms with van der Waals surface area (Å²) in [7, 11) is 1.62. The molecule has 116 valence electrons. The molecule has 0 atom stereocenters. The van der Waals surface area contributed by atoms with Gasteiger partial charge >= 0.3 is 0 Å². The Balaban J connectivity index is 2.35. The molecule has 0 N–H and O–H groups in total. The van der Waals surface area contributed by atoms with Crippen molar-refractivity contribution in [3.63, 3.8) is 0 Å². The Labute approximate surface area is 144 Å².